The van der Waals surface area contributed by atoms with Crippen molar-refractivity contribution in [2.75, 3.05) is 0 Å². The fraction of sp³-hybridized carbons (Fsp3) is 0.600. The second kappa shape index (κ2) is 5.01. The number of hydrogen-bond donors (Lipinski definition) is 1. The average molecular weight is 217 g/mol. The van der Waals surface area contributed by atoms with Crippen LogP contribution in [0.1, 0.15) is 50.3 Å². The van der Waals surface area contributed by atoms with Crippen molar-refractivity contribution < 1.29 is 0 Å². The lowest BCUT2D eigenvalue weighted by atomic mass is 9.85. The van der Waals surface area contributed by atoms with E-state index in [9.17, 15) is 0 Å². The zero-order valence-electron chi connectivity index (χ0n) is 10.4. The molecular weight excluding hydrogens is 194 g/mol. The molecule has 1 nitrogen and oxygen atoms in total. The maximum absolute atomic E-state index is 6.44. The quantitative estimate of drug-likeness (QED) is 0.751. The van der Waals surface area contributed by atoms with E-state index in [1.54, 1.807) is 0 Å². The van der Waals surface area contributed by atoms with Crippen LogP contribution in [0, 0.1) is 11.8 Å². The molecule has 0 amide bonds. The van der Waals surface area contributed by atoms with Crippen molar-refractivity contribution in [2.45, 2.75) is 45.6 Å². The predicted octanol–water partition coefficient (Wildman–Crippen LogP) is 3.69. The maximum atomic E-state index is 6.44. The highest BCUT2D eigenvalue weighted by Gasteiger charge is 2.24. The Bertz CT molecular complexity index is 343. The van der Waals surface area contributed by atoms with Crippen LogP contribution in [0.4, 0.5) is 0 Å². The van der Waals surface area contributed by atoms with Gasteiger partial charge in [-0.2, -0.15) is 0 Å². The third kappa shape index (κ3) is 2.46. The first-order chi connectivity index (χ1) is 7.68. The van der Waals surface area contributed by atoms with E-state index < -0.39 is 0 Å². The molecule has 1 aromatic rings. The molecule has 0 spiro atoms. The summed E-state index contributed by atoms with van der Waals surface area (Å²) < 4.78 is 0. The number of nitrogens with two attached hydrogens (primary N) is 1. The van der Waals surface area contributed by atoms with Crippen LogP contribution in [0.5, 0.6) is 0 Å². The fourth-order valence-corrected chi connectivity index (χ4v) is 2.95. The summed E-state index contributed by atoms with van der Waals surface area (Å²) in [5.74, 6) is 1.42. The van der Waals surface area contributed by atoms with E-state index in [0.717, 1.165) is 5.92 Å². The van der Waals surface area contributed by atoms with Gasteiger partial charge in [-0.3, -0.25) is 0 Å². The maximum Gasteiger partial charge on any atom is 0.0326 e. The summed E-state index contributed by atoms with van der Waals surface area (Å²) in [6.45, 7) is 4.59. The molecule has 0 fully saturated rings. The summed E-state index contributed by atoms with van der Waals surface area (Å²) in [5.41, 5.74) is 9.31. The van der Waals surface area contributed by atoms with Gasteiger partial charge in [0.15, 0.2) is 0 Å². The molecule has 16 heavy (non-hydrogen) atoms. The zero-order valence-corrected chi connectivity index (χ0v) is 10.4. The van der Waals surface area contributed by atoms with Crippen molar-refractivity contribution in [3.05, 3.63) is 35.4 Å². The molecule has 2 N–H and O–H groups in total. The van der Waals surface area contributed by atoms with E-state index in [0.29, 0.717) is 5.92 Å². The number of aryl methyl sites for hydroxylation is 1. The lowest BCUT2D eigenvalue weighted by Crippen LogP contribution is -2.22. The topological polar surface area (TPSA) is 26.0 Å². The first kappa shape index (κ1) is 11.7. The SMILES string of the molecule is CC(C)CC1CCCc2ccccc2C1N. The van der Waals surface area contributed by atoms with Crippen molar-refractivity contribution in [3.8, 4) is 0 Å². The third-order valence-electron chi connectivity index (χ3n) is 3.72. The van der Waals surface area contributed by atoms with Gasteiger partial charge in [-0.1, -0.05) is 38.1 Å². The Morgan fingerprint density at radius 3 is 2.81 bits per heavy atom. The highest BCUT2D eigenvalue weighted by atomic mass is 14.7. The molecule has 1 aliphatic rings. The predicted molar refractivity (Wildman–Crippen MR) is 69.3 cm³/mol. The fourth-order valence-electron chi connectivity index (χ4n) is 2.95. The highest BCUT2D eigenvalue weighted by molar-refractivity contribution is 5.31. The Kier molecular flexibility index (Phi) is 3.65. The van der Waals surface area contributed by atoms with Gasteiger partial charge in [-0.05, 0) is 48.6 Å². The molecule has 0 saturated carbocycles. The summed E-state index contributed by atoms with van der Waals surface area (Å²) >= 11 is 0. The second-order valence-electron chi connectivity index (χ2n) is 5.51. The Labute approximate surface area is 99.0 Å². The molecule has 2 unspecified atom stereocenters. The lowest BCUT2D eigenvalue weighted by molar-refractivity contribution is 0.332. The van der Waals surface area contributed by atoms with Crippen molar-refractivity contribution in [1.82, 2.24) is 0 Å². The zero-order chi connectivity index (χ0) is 11.5. The second-order valence-corrected chi connectivity index (χ2v) is 5.51. The Balaban J connectivity index is 2.22. The van der Waals surface area contributed by atoms with Crippen molar-refractivity contribution in [2.24, 2.45) is 17.6 Å². The Hall–Kier alpha value is -0.820. The van der Waals surface area contributed by atoms with E-state index >= 15 is 0 Å². The monoisotopic (exact) mass is 217 g/mol. The van der Waals surface area contributed by atoms with Gasteiger partial charge in [0, 0.05) is 6.04 Å². The van der Waals surface area contributed by atoms with Gasteiger partial charge in [0.05, 0.1) is 0 Å². The molecule has 0 radical (unpaired) electrons. The molecule has 2 rings (SSSR count). The van der Waals surface area contributed by atoms with Crippen molar-refractivity contribution in [3.63, 3.8) is 0 Å². The number of benzene rings is 1. The third-order valence-corrected chi connectivity index (χ3v) is 3.72. The van der Waals surface area contributed by atoms with Crippen LogP contribution in [0.3, 0.4) is 0 Å². The van der Waals surface area contributed by atoms with E-state index in [1.807, 2.05) is 0 Å². The normalized spacial score (nSPS) is 25.2. The molecule has 1 aliphatic carbocycles. The summed E-state index contributed by atoms with van der Waals surface area (Å²) in [7, 11) is 0. The van der Waals surface area contributed by atoms with Gasteiger partial charge in [0.1, 0.15) is 0 Å². The van der Waals surface area contributed by atoms with Gasteiger partial charge in [0.2, 0.25) is 0 Å². The van der Waals surface area contributed by atoms with Crippen LogP contribution in [-0.2, 0) is 6.42 Å². The van der Waals surface area contributed by atoms with Gasteiger partial charge >= 0.3 is 0 Å². The van der Waals surface area contributed by atoms with E-state index in [4.69, 9.17) is 5.73 Å². The van der Waals surface area contributed by atoms with Crippen LogP contribution in [-0.4, -0.2) is 0 Å². The molecule has 0 aromatic heterocycles. The van der Waals surface area contributed by atoms with Gasteiger partial charge in [-0.15, -0.1) is 0 Å². The first-order valence-corrected chi connectivity index (χ1v) is 6.52. The standard InChI is InChI=1S/C15H23N/c1-11(2)10-13-8-5-7-12-6-3-4-9-14(12)15(13)16/h3-4,6,9,11,13,15H,5,7-8,10,16H2,1-2H3. The number of hydrogen-bond acceptors (Lipinski definition) is 1. The van der Waals surface area contributed by atoms with Crippen LogP contribution in [0.2, 0.25) is 0 Å². The first-order valence-electron chi connectivity index (χ1n) is 6.52. The Morgan fingerprint density at radius 1 is 1.31 bits per heavy atom. The molecule has 0 heterocycles. The van der Waals surface area contributed by atoms with Gasteiger partial charge in [-0.25, -0.2) is 0 Å². The van der Waals surface area contributed by atoms with Gasteiger partial charge in [0.25, 0.3) is 0 Å². The molecule has 0 bridgehead atoms. The molecular formula is C15H23N. The van der Waals surface area contributed by atoms with Crippen LogP contribution in [0.15, 0.2) is 24.3 Å². The van der Waals surface area contributed by atoms with E-state index in [1.165, 1.54) is 36.8 Å². The molecule has 0 aliphatic heterocycles. The van der Waals surface area contributed by atoms with Crippen LogP contribution in [0.25, 0.3) is 0 Å². The van der Waals surface area contributed by atoms with Crippen molar-refractivity contribution in [1.29, 1.82) is 0 Å². The Morgan fingerprint density at radius 2 is 2.06 bits per heavy atom. The lowest BCUT2D eigenvalue weighted by Gasteiger charge is -2.24. The summed E-state index contributed by atoms with van der Waals surface area (Å²) in [4.78, 5) is 0. The molecule has 2 atom stereocenters. The molecule has 88 valence electrons. The van der Waals surface area contributed by atoms with Crippen LogP contribution >= 0.6 is 0 Å². The summed E-state index contributed by atoms with van der Waals surface area (Å²) in [6, 6.07) is 8.97. The molecule has 1 heteroatoms. The smallest absolute Gasteiger partial charge is 0.0326 e. The minimum atomic E-state index is 0.251. The number of rotatable bonds is 2. The minimum Gasteiger partial charge on any atom is -0.324 e. The summed E-state index contributed by atoms with van der Waals surface area (Å²) in [5, 5.41) is 0. The average Bonchev–Trinajstić information content (AvgIpc) is 2.40. The minimum absolute atomic E-state index is 0.251. The molecule has 0 saturated heterocycles. The van der Waals surface area contributed by atoms with Gasteiger partial charge < -0.3 is 5.73 Å². The summed E-state index contributed by atoms with van der Waals surface area (Å²) in [6.07, 6.45) is 5.05. The van der Waals surface area contributed by atoms with E-state index in [2.05, 4.69) is 38.1 Å². The molecule has 1 aromatic carbocycles. The van der Waals surface area contributed by atoms with E-state index in [-0.39, 0.29) is 6.04 Å². The van der Waals surface area contributed by atoms with Crippen molar-refractivity contribution >= 4 is 0 Å². The highest BCUT2D eigenvalue weighted by Crippen LogP contribution is 2.34. The van der Waals surface area contributed by atoms with Crippen LogP contribution < -0.4 is 5.73 Å². The number of fused-ring (bicyclic) bond motifs is 1. The largest absolute Gasteiger partial charge is 0.324 e.